The predicted octanol–water partition coefficient (Wildman–Crippen LogP) is 1.24. The molecule has 0 aliphatic rings. The van der Waals surface area contributed by atoms with E-state index < -0.39 is 23.8 Å². The van der Waals surface area contributed by atoms with Crippen LogP contribution >= 0.6 is 0 Å². The molecule has 0 unspecified atom stereocenters. The normalized spacial score (nSPS) is 11.1. The van der Waals surface area contributed by atoms with Gasteiger partial charge in [0.05, 0.1) is 21.3 Å². The maximum atomic E-state index is 11.6. The maximum absolute atomic E-state index is 11.6. The molecule has 0 radical (unpaired) electrons. The van der Waals surface area contributed by atoms with Crippen molar-refractivity contribution in [2.24, 2.45) is 5.92 Å². The Morgan fingerprint density at radius 2 is 1.53 bits per heavy atom. The van der Waals surface area contributed by atoms with Gasteiger partial charge in [-0.05, 0) is 6.42 Å². The van der Waals surface area contributed by atoms with Gasteiger partial charge in [0, 0.05) is 12.0 Å². The molecule has 0 aromatic heterocycles. The summed E-state index contributed by atoms with van der Waals surface area (Å²) >= 11 is 0. The van der Waals surface area contributed by atoms with E-state index >= 15 is 0 Å². The van der Waals surface area contributed by atoms with Crippen LogP contribution in [0, 0.1) is 5.92 Å². The number of rotatable bonds is 7. The summed E-state index contributed by atoms with van der Waals surface area (Å²) in [6.45, 7) is 1.95. The Balaban J connectivity index is 5.08. The van der Waals surface area contributed by atoms with Gasteiger partial charge in [0.1, 0.15) is 0 Å². The monoisotopic (exact) mass is 272 g/mol. The summed E-state index contributed by atoms with van der Waals surface area (Å²) in [6, 6.07) is 0. The zero-order valence-corrected chi connectivity index (χ0v) is 11.7. The fraction of sp³-hybridized carbons (Fsp3) is 0.615. The van der Waals surface area contributed by atoms with E-state index in [1.807, 2.05) is 6.92 Å². The largest absolute Gasteiger partial charge is 0.468 e. The van der Waals surface area contributed by atoms with Crippen LogP contribution < -0.4 is 0 Å². The first-order valence-corrected chi connectivity index (χ1v) is 5.94. The van der Waals surface area contributed by atoms with Crippen LogP contribution in [0.15, 0.2) is 11.6 Å². The summed E-state index contributed by atoms with van der Waals surface area (Å²) in [5, 5.41) is 0. The van der Waals surface area contributed by atoms with Crippen molar-refractivity contribution in [1.29, 1.82) is 0 Å². The summed E-state index contributed by atoms with van der Waals surface area (Å²) in [4.78, 5) is 34.6. The summed E-state index contributed by atoms with van der Waals surface area (Å²) in [5.74, 6) is -3.19. The minimum absolute atomic E-state index is 0.0913. The standard InChI is InChI=1S/C13H20O6/c1-5-6-7-9(11(14)17-2)8-10(12(15)18-3)13(16)19-4/h7,10H,5-6,8H2,1-4H3/b9-7+. The summed E-state index contributed by atoms with van der Waals surface area (Å²) in [5.41, 5.74) is 0.269. The van der Waals surface area contributed by atoms with Crippen LogP contribution in [0.2, 0.25) is 0 Å². The number of carbonyl (C=O) groups excluding carboxylic acids is 3. The molecular formula is C13H20O6. The number of allylic oxidation sites excluding steroid dienone is 1. The van der Waals surface area contributed by atoms with Crippen LogP contribution in [0.25, 0.3) is 0 Å². The second-order valence-corrected chi connectivity index (χ2v) is 3.81. The van der Waals surface area contributed by atoms with Crippen molar-refractivity contribution in [3.05, 3.63) is 11.6 Å². The van der Waals surface area contributed by atoms with Crippen LogP contribution in [0.3, 0.4) is 0 Å². The van der Waals surface area contributed by atoms with Crippen molar-refractivity contribution in [3.8, 4) is 0 Å². The van der Waals surface area contributed by atoms with Gasteiger partial charge in [-0.3, -0.25) is 9.59 Å². The molecule has 0 amide bonds. The van der Waals surface area contributed by atoms with Crippen LogP contribution in [0.1, 0.15) is 26.2 Å². The molecule has 0 saturated carbocycles. The highest BCUT2D eigenvalue weighted by Crippen LogP contribution is 2.17. The van der Waals surface area contributed by atoms with Crippen LogP contribution in [-0.4, -0.2) is 39.2 Å². The number of hydrogen-bond donors (Lipinski definition) is 0. The molecule has 0 spiro atoms. The zero-order chi connectivity index (χ0) is 14.8. The molecular weight excluding hydrogens is 252 g/mol. The van der Waals surface area contributed by atoms with E-state index in [9.17, 15) is 14.4 Å². The molecule has 0 aliphatic heterocycles. The van der Waals surface area contributed by atoms with Crippen molar-refractivity contribution >= 4 is 17.9 Å². The smallest absolute Gasteiger partial charge is 0.333 e. The number of ether oxygens (including phenoxy) is 3. The molecule has 0 aromatic carbocycles. The van der Waals surface area contributed by atoms with Gasteiger partial charge in [-0.25, -0.2) is 4.79 Å². The number of carbonyl (C=O) groups is 3. The van der Waals surface area contributed by atoms with Gasteiger partial charge < -0.3 is 14.2 Å². The molecule has 0 heterocycles. The molecule has 0 bridgehead atoms. The van der Waals surface area contributed by atoms with E-state index in [1.165, 1.54) is 21.3 Å². The molecule has 0 N–H and O–H groups in total. The first-order chi connectivity index (χ1) is 9.01. The van der Waals surface area contributed by atoms with Crippen molar-refractivity contribution in [3.63, 3.8) is 0 Å². The number of hydrogen-bond acceptors (Lipinski definition) is 6. The SMILES string of the molecule is CCC/C=C(\CC(C(=O)OC)C(=O)OC)C(=O)OC. The fourth-order valence-electron chi connectivity index (χ4n) is 1.47. The Morgan fingerprint density at radius 3 is 1.89 bits per heavy atom. The third kappa shape index (κ3) is 5.54. The Morgan fingerprint density at radius 1 is 1.00 bits per heavy atom. The van der Waals surface area contributed by atoms with Crippen molar-refractivity contribution in [2.75, 3.05) is 21.3 Å². The molecule has 6 heteroatoms. The Kier molecular flexibility index (Phi) is 8.24. The van der Waals surface area contributed by atoms with Crippen LogP contribution in [0.4, 0.5) is 0 Å². The van der Waals surface area contributed by atoms with Crippen molar-refractivity contribution in [1.82, 2.24) is 0 Å². The molecule has 0 fully saturated rings. The summed E-state index contributed by atoms with van der Waals surface area (Å²) in [7, 11) is 3.59. The van der Waals surface area contributed by atoms with E-state index in [-0.39, 0.29) is 12.0 Å². The quantitative estimate of drug-likeness (QED) is 0.300. The third-order valence-corrected chi connectivity index (χ3v) is 2.52. The average Bonchev–Trinajstić information content (AvgIpc) is 2.45. The van der Waals surface area contributed by atoms with Gasteiger partial charge in [0.25, 0.3) is 0 Å². The van der Waals surface area contributed by atoms with Gasteiger partial charge in [-0.1, -0.05) is 19.4 Å². The lowest BCUT2D eigenvalue weighted by Gasteiger charge is -2.13. The third-order valence-electron chi connectivity index (χ3n) is 2.52. The molecule has 0 rings (SSSR count). The lowest BCUT2D eigenvalue weighted by molar-refractivity contribution is -0.158. The number of esters is 3. The van der Waals surface area contributed by atoms with Crippen molar-refractivity contribution < 1.29 is 28.6 Å². The second-order valence-electron chi connectivity index (χ2n) is 3.81. The zero-order valence-electron chi connectivity index (χ0n) is 11.7. The molecule has 108 valence electrons. The predicted molar refractivity (Wildman–Crippen MR) is 67.1 cm³/mol. The topological polar surface area (TPSA) is 78.9 Å². The van der Waals surface area contributed by atoms with Gasteiger partial charge in [-0.2, -0.15) is 0 Å². The highest BCUT2D eigenvalue weighted by Gasteiger charge is 2.31. The van der Waals surface area contributed by atoms with E-state index in [4.69, 9.17) is 0 Å². The summed E-state index contributed by atoms with van der Waals surface area (Å²) in [6.07, 6.45) is 3.05. The molecule has 6 nitrogen and oxygen atoms in total. The fourth-order valence-corrected chi connectivity index (χ4v) is 1.47. The maximum Gasteiger partial charge on any atom is 0.333 e. The highest BCUT2D eigenvalue weighted by atomic mass is 16.5. The minimum atomic E-state index is -1.16. The van der Waals surface area contributed by atoms with E-state index in [0.29, 0.717) is 6.42 Å². The Labute approximate surface area is 112 Å². The molecule has 19 heavy (non-hydrogen) atoms. The van der Waals surface area contributed by atoms with Gasteiger partial charge >= 0.3 is 17.9 Å². The van der Waals surface area contributed by atoms with E-state index in [2.05, 4.69) is 14.2 Å². The number of unbranched alkanes of at least 4 members (excludes halogenated alkanes) is 1. The Bertz CT molecular complexity index is 342. The lowest BCUT2D eigenvalue weighted by Crippen LogP contribution is -2.28. The number of methoxy groups -OCH3 is 3. The minimum Gasteiger partial charge on any atom is -0.468 e. The van der Waals surface area contributed by atoms with Gasteiger partial charge in [0.15, 0.2) is 5.92 Å². The highest BCUT2D eigenvalue weighted by molar-refractivity contribution is 5.97. The van der Waals surface area contributed by atoms with E-state index in [1.54, 1.807) is 6.08 Å². The molecule has 0 aliphatic carbocycles. The van der Waals surface area contributed by atoms with Gasteiger partial charge in [0.2, 0.25) is 0 Å². The average molecular weight is 272 g/mol. The summed E-state index contributed by atoms with van der Waals surface area (Å²) < 4.78 is 13.7. The molecule has 0 saturated heterocycles. The first-order valence-electron chi connectivity index (χ1n) is 5.94. The van der Waals surface area contributed by atoms with Crippen molar-refractivity contribution in [2.45, 2.75) is 26.2 Å². The van der Waals surface area contributed by atoms with Gasteiger partial charge in [-0.15, -0.1) is 0 Å². The molecule has 0 atom stereocenters. The van der Waals surface area contributed by atoms with E-state index in [0.717, 1.165) is 6.42 Å². The first kappa shape index (κ1) is 17.2. The Hall–Kier alpha value is -1.85. The lowest BCUT2D eigenvalue weighted by atomic mass is 9.98. The second kappa shape index (κ2) is 9.13. The molecule has 0 aromatic rings. The van der Waals surface area contributed by atoms with Crippen LogP contribution in [-0.2, 0) is 28.6 Å². The van der Waals surface area contributed by atoms with Crippen LogP contribution in [0.5, 0.6) is 0 Å².